The molecule has 2 rings (SSSR count). The largest absolute Gasteiger partial charge is 0.465 e. The van der Waals surface area contributed by atoms with E-state index in [1.54, 1.807) is 11.8 Å². The molecule has 2 amide bonds. The predicted molar refractivity (Wildman–Crippen MR) is 114 cm³/mol. The van der Waals surface area contributed by atoms with E-state index in [1.165, 1.54) is 4.90 Å². The van der Waals surface area contributed by atoms with Gasteiger partial charge in [0.2, 0.25) is 5.91 Å². The van der Waals surface area contributed by atoms with Crippen molar-refractivity contribution in [3.8, 4) is 0 Å². The fraction of sp³-hybridized carbons (Fsp3) is 0.609. The minimum atomic E-state index is -0.699. The summed E-state index contributed by atoms with van der Waals surface area (Å²) in [5.41, 5.74) is 0.528. The molecule has 0 fully saturated rings. The lowest BCUT2D eigenvalue weighted by Crippen LogP contribution is -2.51. The molecule has 7 nitrogen and oxygen atoms in total. The second-order valence-corrected chi connectivity index (χ2v) is 9.56. The molecule has 1 atom stereocenters. The number of rotatable bonds is 4. The monoisotopic (exact) mass is 418 g/mol. The van der Waals surface area contributed by atoms with Gasteiger partial charge in [0.25, 0.3) is 0 Å². The Morgan fingerprint density at radius 2 is 1.73 bits per heavy atom. The van der Waals surface area contributed by atoms with E-state index in [0.717, 1.165) is 11.1 Å². The van der Waals surface area contributed by atoms with E-state index < -0.39 is 29.1 Å². The van der Waals surface area contributed by atoms with E-state index >= 15 is 0 Å². The number of carbonyl (C=O) groups is 3. The summed E-state index contributed by atoms with van der Waals surface area (Å²) in [7, 11) is 0. The minimum Gasteiger partial charge on any atom is -0.465 e. The van der Waals surface area contributed by atoms with Crippen LogP contribution in [0.3, 0.4) is 0 Å². The number of amides is 2. The topological polar surface area (TPSA) is 76.2 Å². The molecule has 1 aliphatic heterocycles. The zero-order valence-corrected chi connectivity index (χ0v) is 19.2. The second-order valence-electron chi connectivity index (χ2n) is 9.56. The molecule has 1 unspecified atom stereocenters. The minimum absolute atomic E-state index is 0.175. The van der Waals surface area contributed by atoms with E-state index in [2.05, 4.69) is 0 Å². The first-order chi connectivity index (χ1) is 13.8. The Morgan fingerprint density at radius 1 is 1.10 bits per heavy atom. The standard InChI is InChI=1S/C23H34N2O5/c1-8-29-19(26)15-25(20(27)22(2,3)4)18-14-24(21(28)30-23(5,6)7)13-16-11-9-10-12-17(16)18/h9-12,18H,8,13-15H2,1-7H3. The molecule has 1 aromatic carbocycles. The smallest absolute Gasteiger partial charge is 0.410 e. The zero-order valence-electron chi connectivity index (χ0n) is 19.2. The van der Waals surface area contributed by atoms with Gasteiger partial charge in [-0.25, -0.2) is 4.79 Å². The van der Waals surface area contributed by atoms with Gasteiger partial charge in [0.15, 0.2) is 0 Å². The molecule has 1 aromatic rings. The lowest BCUT2D eigenvalue weighted by molar-refractivity contribution is -0.154. The first-order valence-electron chi connectivity index (χ1n) is 10.4. The molecule has 1 heterocycles. The quantitative estimate of drug-likeness (QED) is 0.693. The summed E-state index contributed by atoms with van der Waals surface area (Å²) in [5, 5.41) is 0. The van der Waals surface area contributed by atoms with Crippen LogP contribution in [0.1, 0.15) is 65.6 Å². The van der Waals surface area contributed by atoms with Gasteiger partial charge in [0, 0.05) is 18.5 Å². The Morgan fingerprint density at radius 3 is 2.30 bits per heavy atom. The number of carbonyl (C=O) groups excluding carboxylic acids is 3. The lowest BCUT2D eigenvalue weighted by atomic mass is 9.90. The highest BCUT2D eigenvalue weighted by molar-refractivity contribution is 5.86. The first kappa shape index (κ1) is 23.7. The van der Waals surface area contributed by atoms with Crippen molar-refractivity contribution in [1.29, 1.82) is 0 Å². The molecule has 0 saturated carbocycles. The van der Waals surface area contributed by atoms with E-state index in [0.29, 0.717) is 6.54 Å². The maximum atomic E-state index is 13.3. The van der Waals surface area contributed by atoms with Crippen molar-refractivity contribution < 1.29 is 23.9 Å². The molecule has 1 aliphatic rings. The van der Waals surface area contributed by atoms with E-state index in [4.69, 9.17) is 9.47 Å². The van der Waals surface area contributed by atoms with Crippen LogP contribution >= 0.6 is 0 Å². The van der Waals surface area contributed by atoms with Crippen LogP contribution < -0.4 is 0 Å². The Hall–Kier alpha value is -2.57. The van der Waals surface area contributed by atoms with Gasteiger partial charge < -0.3 is 19.3 Å². The lowest BCUT2D eigenvalue weighted by Gasteiger charge is -2.42. The Kier molecular flexibility index (Phi) is 7.16. The van der Waals surface area contributed by atoms with Crippen molar-refractivity contribution in [3.63, 3.8) is 0 Å². The van der Waals surface area contributed by atoms with Gasteiger partial charge in [0.1, 0.15) is 12.1 Å². The van der Waals surface area contributed by atoms with Crippen LogP contribution in [0.4, 0.5) is 4.79 Å². The highest BCUT2D eigenvalue weighted by atomic mass is 16.6. The second kappa shape index (κ2) is 9.06. The number of nitrogens with zero attached hydrogens (tertiary/aromatic N) is 2. The molecular formula is C23H34N2O5. The van der Waals surface area contributed by atoms with Gasteiger partial charge in [-0.2, -0.15) is 0 Å². The highest BCUT2D eigenvalue weighted by Crippen LogP contribution is 2.34. The summed E-state index contributed by atoms with van der Waals surface area (Å²) in [5.74, 6) is -0.650. The SMILES string of the molecule is CCOC(=O)CN(C(=O)C(C)(C)C)C1CN(C(=O)OC(C)(C)C)Cc2ccccc21. The number of esters is 1. The molecule has 0 saturated heterocycles. The van der Waals surface area contributed by atoms with Crippen LogP contribution in [-0.2, 0) is 25.6 Å². The molecule has 0 spiro atoms. The van der Waals surface area contributed by atoms with Crippen molar-refractivity contribution in [2.45, 2.75) is 66.7 Å². The molecular weight excluding hydrogens is 384 g/mol. The van der Waals surface area contributed by atoms with Crippen LogP contribution in [0.15, 0.2) is 24.3 Å². The first-order valence-corrected chi connectivity index (χ1v) is 10.4. The van der Waals surface area contributed by atoms with Gasteiger partial charge >= 0.3 is 12.1 Å². The van der Waals surface area contributed by atoms with E-state index in [-0.39, 0.29) is 25.6 Å². The average molecular weight is 419 g/mol. The normalized spacial score (nSPS) is 16.5. The van der Waals surface area contributed by atoms with Crippen molar-refractivity contribution in [1.82, 2.24) is 9.80 Å². The van der Waals surface area contributed by atoms with Crippen LogP contribution in [0.2, 0.25) is 0 Å². The Labute approximate surface area is 179 Å². The van der Waals surface area contributed by atoms with Gasteiger partial charge in [-0.15, -0.1) is 0 Å². The maximum Gasteiger partial charge on any atom is 0.410 e. The summed E-state index contributed by atoms with van der Waals surface area (Å²) in [4.78, 5) is 41.5. The molecule has 0 aliphatic carbocycles. The fourth-order valence-corrected chi connectivity index (χ4v) is 3.41. The number of ether oxygens (including phenoxy) is 2. The molecule has 0 N–H and O–H groups in total. The molecule has 7 heteroatoms. The van der Waals surface area contributed by atoms with Crippen molar-refractivity contribution >= 4 is 18.0 Å². The summed E-state index contributed by atoms with van der Waals surface area (Å²) >= 11 is 0. The molecule has 0 radical (unpaired) electrons. The van der Waals surface area contributed by atoms with Gasteiger partial charge in [0.05, 0.1) is 12.6 Å². The molecule has 0 aromatic heterocycles. The number of hydrogen-bond donors (Lipinski definition) is 0. The van der Waals surface area contributed by atoms with Crippen LogP contribution in [0.5, 0.6) is 0 Å². The van der Waals surface area contributed by atoms with Crippen LogP contribution in [0.25, 0.3) is 0 Å². The predicted octanol–water partition coefficient (Wildman–Crippen LogP) is 3.92. The van der Waals surface area contributed by atoms with Gasteiger partial charge in [-0.1, -0.05) is 45.0 Å². The van der Waals surface area contributed by atoms with Gasteiger partial charge in [-0.05, 0) is 38.8 Å². The Bertz CT molecular complexity index is 792. The zero-order chi connectivity index (χ0) is 22.7. The third-order valence-electron chi connectivity index (χ3n) is 4.70. The highest BCUT2D eigenvalue weighted by Gasteiger charge is 2.39. The van der Waals surface area contributed by atoms with Gasteiger partial charge in [-0.3, -0.25) is 9.59 Å². The maximum absolute atomic E-state index is 13.3. The number of benzene rings is 1. The molecule has 0 bridgehead atoms. The third-order valence-corrected chi connectivity index (χ3v) is 4.70. The van der Waals surface area contributed by atoms with Crippen molar-refractivity contribution in [3.05, 3.63) is 35.4 Å². The van der Waals surface area contributed by atoms with Crippen molar-refractivity contribution in [2.75, 3.05) is 19.7 Å². The summed E-state index contributed by atoms with van der Waals surface area (Å²) < 4.78 is 10.7. The summed E-state index contributed by atoms with van der Waals surface area (Å²) in [6.45, 7) is 13.3. The summed E-state index contributed by atoms with van der Waals surface area (Å²) in [6, 6.07) is 7.21. The number of hydrogen-bond acceptors (Lipinski definition) is 5. The third kappa shape index (κ3) is 5.97. The Balaban J connectivity index is 2.44. The fourth-order valence-electron chi connectivity index (χ4n) is 3.41. The van der Waals surface area contributed by atoms with Crippen LogP contribution in [0, 0.1) is 5.41 Å². The molecule has 30 heavy (non-hydrogen) atoms. The van der Waals surface area contributed by atoms with Crippen LogP contribution in [-0.4, -0.2) is 53.1 Å². The average Bonchev–Trinajstić information content (AvgIpc) is 2.63. The van der Waals surface area contributed by atoms with Crippen molar-refractivity contribution in [2.24, 2.45) is 5.41 Å². The van der Waals surface area contributed by atoms with E-state index in [9.17, 15) is 14.4 Å². The number of fused-ring (bicyclic) bond motifs is 1. The van der Waals surface area contributed by atoms with E-state index in [1.807, 2.05) is 65.8 Å². The molecule has 166 valence electrons. The summed E-state index contributed by atoms with van der Waals surface area (Å²) in [6.07, 6.45) is -0.443.